The Bertz CT molecular complexity index is 991. The highest BCUT2D eigenvalue weighted by atomic mass is 16.5. The van der Waals surface area contributed by atoms with Gasteiger partial charge in [0.05, 0.1) is 19.1 Å². The first-order valence-electron chi connectivity index (χ1n) is 11.7. The molecule has 3 aliphatic carbocycles. The molecule has 7 rings (SSSR count). The number of ether oxygens (including phenoxy) is 1. The smallest absolute Gasteiger partial charge is 0.320 e. The number of pyridine rings is 1. The molecular weight excluding hydrogens is 392 g/mol. The molecule has 0 bridgehead atoms. The molecule has 0 radical (unpaired) electrons. The molecule has 5 aliphatic rings. The van der Waals surface area contributed by atoms with Gasteiger partial charge in [-0.1, -0.05) is 6.07 Å². The minimum absolute atomic E-state index is 0.0551. The van der Waals surface area contributed by atoms with Crippen LogP contribution in [-0.2, 0) is 0 Å². The van der Waals surface area contributed by atoms with Gasteiger partial charge in [-0.25, -0.2) is 19.4 Å². The number of rotatable bonds is 5. The van der Waals surface area contributed by atoms with Crippen molar-refractivity contribution >= 4 is 6.03 Å². The van der Waals surface area contributed by atoms with Crippen molar-refractivity contribution in [3.63, 3.8) is 0 Å². The van der Waals surface area contributed by atoms with E-state index in [0.29, 0.717) is 42.3 Å². The summed E-state index contributed by atoms with van der Waals surface area (Å²) in [6, 6.07) is 4.70. The Morgan fingerprint density at radius 1 is 1.00 bits per heavy atom. The van der Waals surface area contributed by atoms with E-state index in [4.69, 9.17) is 4.74 Å². The number of urea groups is 1. The zero-order chi connectivity index (χ0) is 20.6. The second-order valence-corrected chi connectivity index (χ2v) is 10.4. The van der Waals surface area contributed by atoms with Gasteiger partial charge in [0.25, 0.3) is 0 Å². The van der Waals surface area contributed by atoms with Gasteiger partial charge in [-0.15, -0.1) is 0 Å². The molecule has 5 fully saturated rings. The Kier molecular flexibility index (Phi) is 3.73. The highest BCUT2D eigenvalue weighted by Gasteiger charge is 2.55. The Balaban J connectivity index is 0.861. The van der Waals surface area contributed by atoms with Crippen LogP contribution in [0.4, 0.5) is 4.79 Å². The third-order valence-electron chi connectivity index (χ3n) is 7.72. The zero-order valence-corrected chi connectivity index (χ0v) is 17.7. The van der Waals surface area contributed by atoms with Crippen LogP contribution in [0.5, 0.6) is 5.88 Å². The monoisotopic (exact) mass is 420 g/mol. The van der Waals surface area contributed by atoms with E-state index in [-0.39, 0.29) is 12.1 Å². The maximum Gasteiger partial charge on any atom is 0.320 e. The maximum absolute atomic E-state index is 12.7. The van der Waals surface area contributed by atoms with Gasteiger partial charge in [-0.3, -0.25) is 0 Å². The van der Waals surface area contributed by atoms with E-state index in [2.05, 4.69) is 25.8 Å². The lowest BCUT2D eigenvalue weighted by atomic mass is 9.61. The summed E-state index contributed by atoms with van der Waals surface area (Å²) in [6.07, 6.45) is 11.1. The predicted molar refractivity (Wildman–Crippen MR) is 112 cm³/mol. The highest BCUT2D eigenvalue weighted by molar-refractivity contribution is 5.76. The lowest BCUT2D eigenvalue weighted by Crippen LogP contribution is -2.69. The topological polar surface area (TPSA) is 76.4 Å². The van der Waals surface area contributed by atoms with Crippen molar-refractivity contribution in [2.75, 3.05) is 26.2 Å². The van der Waals surface area contributed by atoms with Gasteiger partial charge >= 0.3 is 6.03 Å². The lowest BCUT2D eigenvalue weighted by Gasteiger charge is -2.59. The number of nitrogens with zero attached hydrogens (tertiary/aromatic N) is 6. The Morgan fingerprint density at radius 3 is 2.45 bits per heavy atom. The summed E-state index contributed by atoms with van der Waals surface area (Å²) >= 11 is 0. The van der Waals surface area contributed by atoms with Crippen LogP contribution in [0, 0.1) is 5.41 Å². The highest BCUT2D eigenvalue weighted by Crippen LogP contribution is 2.54. The van der Waals surface area contributed by atoms with Crippen LogP contribution in [0.25, 0.3) is 0 Å². The summed E-state index contributed by atoms with van der Waals surface area (Å²) in [5, 5.41) is 4.68. The number of carbonyl (C=O) groups excluding carboxylic acids is 1. The second-order valence-electron chi connectivity index (χ2n) is 10.4. The molecule has 31 heavy (non-hydrogen) atoms. The fourth-order valence-electron chi connectivity index (χ4n) is 5.44. The number of hydrogen-bond donors (Lipinski definition) is 0. The lowest BCUT2D eigenvalue weighted by molar-refractivity contribution is -0.0818. The molecule has 4 heterocycles. The van der Waals surface area contributed by atoms with Gasteiger partial charge in [0.1, 0.15) is 12.4 Å². The average Bonchev–Trinajstić information content (AvgIpc) is 3.61. The number of amides is 2. The van der Waals surface area contributed by atoms with Gasteiger partial charge < -0.3 is 14.5 Å². The van der Waals surface area contributed by atoms with E-state index >= 15 is 0 Å². The zero-order valence-electron chi connectivity index (χ0n) is 17.7. The number of likely N-dealkylation sites (tertiary alicyclic amines) is 2. The standard InChI is InChI=1S/C23H28N6O2/c30-22(27-10-19(11-27)31-20-6-5-17(9-24-20)15-1-2-15)28-12-23(13-28)7-18(8-23)29-14-25-21(26-29)16-3-4-16/h5-6,9,14-16,18-19H,1-4,7-8,10-13H2. The molecule has 2 aromatic rings. The molecule has 2 saturated heterocycles. The molecule has 8 nitrogen and oxygen atoms in total. The Labute approximate surface area is 181 Å². The van der Waals surface area contributed by atoms with Crippen molar-refractivity contribution in [3.8, 4) is 5.88 Å². The summed E-state index contributed by atoms with van der Waals surface area (Å²) < 4.78 is 8.00. The van der Waals surface area contributed by atoms with Crippen molar-refractivity contribution in [1.29, 1.82) is 0 Å². The van der Waals surface area contributed by atoms with Crippen LogP contribution in [0.3, 0.4) is 0 Å². The minimum atomic E-state index is 0.0551. The van der Waals surface area contributed by atoms with Crippen molar-refractivity contribution in [2.24, 2.45) is 5.41 Å². The van der Waals surface area contributed by atoms with E-state index in [1.54, 1.807) is 0 Å². The summed E-state index contributed by atoms with van der Waals surface area (Å²) in [5.74, 6) is 3.01. The van der Waals surface area contributed by atoms with Crippen LogP contribution < -0.4 is 4.74 Å². The van der Waals surface area contributed by atoms with Crippen molar-refractivity contribution < 1.29 is 9.53 Å². The summed E-state index contributed by atoms with van der Waals surface area (Å²) in [7, 11) is 0. The fraction of sp³-hybridized carbons (Fsp3) is 0.652. The average molecular weight is 421 g/mol. The first-order chi connectivity index (χ1) is 15.1. The molecule has 162 valence electrons. The van der Waals surface area contributed by atoms with E-state index in [0.717, 1.165) is 31.8 Å². The fourth-order valence-corrected chi connectivity index (χ4v) is 5.44. The molecular formula is C23H28N6O2. The van der Waals surface area contributed by atoms with Gasteiger partial charge in [0, 0.05) is 36.7 Å². The first kappa shape index (κ1) is 18.0. The van der Waals surface area contributed by atoms with Gasteiger partial charge in [-0.2, -0.15) is 5.10 Å². The summed E-state index contributed by atoms with van der Waals surface area (Å²) in [6.45, 7) is 3.05. The molecule has 0 atom stereocenters. The minimum Gasteiger partial charge on any atom is -0.471 e. The molecule has 0 N–H and O–H groups in total. The predicted octanol–water partition coefficient (Wildman–Crippen LogP) is 2.95. The third kappa shape index (κ3) is 3.18. The first-order valence-corrected chi connectivity index (χ1v) is 11.7. The Morgan fingerprint density at radius 2 is 1.77 bits per heavy atom. The van der Waals surface area contributed by atoms with E-state index in [1.165, 1.54) is 31.2 Å². The molecule has 3 saturated carbocycles. The van der Waals surface area contributed by atoms with E-state index < -0.39 is 0 Å². The molecule has 1 spiro atoms. The molecule has 0 aromatic carbocycles. The molecule has 2 aromatic heterocycles. The maximum atomic E-state index is 12.7. The van der Waals surface area contributed by atoms with Crippen molar-refractivity contribution in [3.05, 3.63) is 36.0 Å². The largest absolute Gasteiger partial charge is 0.471 e. The molecule has 8 heteroatoms. The van der Waals surface area contributed by atoms with Crippen LogP contribution >= 0.6 is 0 Å². The second kappa shape index (κ2) is 6.43. The van der Waals surface area contributed by atoms with E-state index in [9.17, 15) is 4.79 Å². The number of hydrogen-bond acceptors (Lipinski definition) is 5. The molecule has 0 unspecified atom stereocenters. The SMILES string of the molecule is O=C(N1CC(Oc2ccc(C3CC3)cn2)C1)N1CC2(CC(n3cnc(C4CC4)n3)C2)C1. The van der Waals surface area contributed by atoms with Gasteiger partial charge in [-0.05, 0) is 50.0 Å². The summed E-state index contributed by atoms with van der Waals surface area (Å²) in [4.78, 5) is 25.5. The quantitative estimate of drug-likeness (QED) is 0.743. The summed E-state index contributed by atoms with van der Waals surface area (Å²) in [5.41, 5.74) is 1.62. The normalized spacial score (nSPS) is 25.2. The van der Waals surface area contributed by atoms with Crippen LogP contribution in [-0.4, -0.2) is 67.9 Å². The van der Waals surface area contributed by atoms with Gasteiger partial charge in [0.15, 0.2) is 5.82 Å². The Hall–Kier alpha value is -2.64. The van der Waals surface area contributed by atoms with Crippen LogP contribution in [0.2, 0.25) is 0 Å². The number of carbonyl (C=O) groups is 1. The molecule has 2 amide bonds. The van der Waals surface area contributed by atoms with E-state index in [1.807, 2.05) is 28.4 Å². The van der Waals surface area contributed by atoms with Gasteiger partial charge in [0.2, 0.25) is 5.88 Å². The molecule has 2 aliphatic heterocycles. The van der Waals surface area contributed by atoms with Crippen molar-refractivity contribution in [1.82, 2.24) is 29.5 Å². The van der Waals surface area contributed by atoms with Crippen molar-refractivity contribution in [2.45, 2.75) is 62.5 Å². The van der Waals surface area contributed by atoms with Crippen LogP contribution in [0.1, 0.15) is 67.8 Å². The third-order valence-corrected chi connectivity index (χ3v) is 7.72. The number of aromatic nitrogens is 4. The van der Waals surface area contributed by atoms with Crippen LogP contribution in [0.15, 0.2) is 24.7 Å².